The molecule has 0 aliphatic heterocycles. The van der Waals surface area contributed by atoms with Crippen LogP contribution in [0.4, 0.5) is 4.39 Å². The fraction of sp³-hybridized carbons (Fsp3) is 0.316. The van der Waals surface area contributed by atoms with Gasteiger partial charge in [-0.05, 0) is 54.1 Å². The quantitative estimate of drug-likeness (QED) is 0.191. The molecule has 0 spiro atoms. The molecule has 7 heteroatoms. The number of methoxy groups -OCH3 is 1. The van der Waals surface area contributed by atoms with Crippen LogP contribution in [0.25, 0.3) is 0 Å². The first kappa shape index (κ1) is 22.6. The lowest BCUT2D eigenvalue weighted by Crippen LogP contribution is -2.37. The van der Waals surface area contributed by atoms with E-state index in [2.05, 4.69) is 15.6 Å². The van der Waals surface area contributed by atoms with Crippen molar-refractivity contribution < 1.29 is 9.13 Å². The van der Waals surface area contributed by atoms with E-state index in [0.29, 0.717) is 6.54 Å². The van der Waals surface area contributed by atoms with Crippen molar-refractivity contribution in [2.45, 2.75) is 17.9 Å². The van der Waals surface area contributed by atoms with Crippen LogP contribution in [-0.2, 0) is 6.54 Å². The molecule has 0 aliphatic rings. The molecule has 0 saturated heterocycles. The maximum atomic E-state index is 12.8. The van der Waals surface area contributed by atoms with Crippen LogP contribution in [0.2, 0.25) is 0 Å². The highest BCUT2D eigenvalue weighted by Crippen LogP contribution is 2.18. The minimum atomic E-state index is -0.197. The maximum Gasteiger partial charge on any atom is 0.191 e. The van der Waals surface area contributed by atoms with Crippen LogP contribution in [0.1, 0.15) is 12.0 Å². The van der Waals surface area contributed by atoms with Crippen LogP contribution in [0.15, 0.2) is 58.4 Å². The number of hydrogen-bond donors (Lipinski definition) is 2. The van der Waals surface area contributed by atoms with Gasteiger partial charge in [-0.2, -0.15) is 0 Å². The average molecular weight is 489 g/mol. The Morgan fingerprint density at radius 1 is 1.08 bits per heavy atom. The van der Waals surface area contributed by atoms with Crippen molar-refractivity contribution in [1.82, 2.24) is 10.6 Å². The summed E-state index contributed by atoms with van der Waals surface area (Å²) >= 11 is 1.72. The third-order valence-electron chi connectivity index (χ3n) is 3.54. The van der Waals surface area contributed by atoms with Crippen LogP contribution in [0.5, 0.6) is 5.75 Å². The monoisotopic (exact) mass is 489 g/mol. The number of benzene rings is 2. The van der Waals surface area contributed by atoms with Gasteiger partial charge < -0.3 is 15.4 Å². The lowest BCUT2D eigenvalue weighted by atomic mass is 10.2. The molecule has 26 heavy (non-hydrogen) atoms. The Morgan fingerprint density at radius 3 is 2.38 bits per heavy atom. The van der Waals surface area contributed by atoms with Gasteiger partial charge in [0.2, 0.25) is 0 Å². The Labute approximate surface area is 176 Å². The van der Waals surface area contributed by atoms with Crippen LogP contribution < -0.4 is 15.4 Å². The number of thioether (sulfide) groups is 1. The first-order chi connectivity index (χ1) is 12.2. The summed E-state index contributed by atoms with van der Waals surface area (Å²) in [5, 5.41) is 6.59. The Bertz CT molecular complexity index is 665. The highest BCUT2D eigenvalue weighted by molar-refractivity contribution is 14.0. The number of halogens is 2. The summed E-state index contributed by atoms with van der Waals surface area (Å²) in [4.78, 5) is 5.31. The van der Waals surface area contributed by atoms with E-state index in [1.807, 2.05) is 36.4 Å². The third kappa shape index (κ3) is 8.27. The average Bonchev–Trinajstić information content (AvgIpc) is 2.66. The summed E-state index contributed by atoms with van der Waals surface area (Å²) in [6.45, 7) is 1.53. The highest BCUT2D eigenvalue weighted by atomic mass is 127. The van der Waals surface area contributed by atoms with Gasteiger partial charge in [-0.3, -0.25) is 4.99 Å². The van der Waals surface area contributed by atoms with E-state index in [1.165, 1.54) is 12.1 Å². The molecule has 0 fully saturated rings. The zero-order chi connectivity index (χ0) is 17.9. The first-order valence-corrected chi connectivity index (χ1v) is 9.15. The van der Waals surface area contributed by atoms with Gasteiger partial charge in [0.05, 0.1) is 7.11 Å². The van der Waals surface area contributed by atoms with Crippen molar-refractivity contribution in [2.24, 2.45) is 4.99 Å². The number of hydrogen-bond acceptors (Lipinski definition) is 3. The first-order valence-electron chi connectivity index (χ1n) is 8.17. The third-order valence-corrected chi connectivity index (χ3v) is 4.64. The topological polar surface area (TPSA) is 45.7 Å². The fourth-order valence-electron chi connectivity index (χ4n) is 2.15. The molecule has 2 rings (SSSR count). The zero-order valence-corrected chi connectivity index (χ0v) is 18.1. The Kier molecular flexibility index (Phi) is 11.1. The van der Waals surface area contributed by atoms with Crippen molar-refractivity contribution in [3.8, 4) is 5.75 Å². The van der Waals surface area contributed by atoms with Crippen LogP contribution in [0.3, 0.4) is 0 Å². The molecule has 0 aromatic heterocycles. The summed E-state index contributed by atoms with van der Waals surface area (Å²) in [5.41, 5.74) is 1.16. The minimum absolute atomic E-state index is 0. The number of aliphatic imine (C=N–C) groups is 1. The SMILES string of the molecule is CN=C(NCCCSc1ccc(F)cc1)NCc1ccc(OC)cc1.I. The number of nitrogens with zero attached hydrogens (tertiary/aromatic N) is 1. The number of ether oxygens (including phenoxy) is 1. The molecule has 2 N–H and O–H groups in total. The van der Waals surface area contributed by atoms with E-state index in [9.17, 15) is 4.39 Å². The van der Waals surface area contributed by atoms with Crippen molar-refractivity contribution in [3.63, 3.8) is 0 Å². The molecule has 0 radical (unpaired) electrons. The highest BCUT2D eigenvalue weighted by Gasteiger charge is 2.00. The summed E-state index contributed by atoms with van der Waals surface area (Å²) in [7, 11) is 3.42. The molecule has 0 amide bonds. The van der Waals surface area contributed by atoms with Gasteiger partial charge in [-0.15, -0.1) is 35.7 Å². The lowest BCUT2D eigenvalue weighted by molar-refractivity contribution is 0.414. The molecule has 142 valence electrons. The van der Waals surface area contributed by atoms with E-state index < -0.39 is 0 Å². The maximum absolute atomic E-state index is 12.8. The van der Waals surface area contributed by atoms with E-state index in [-0.39, 0.29) is 29.8 Å². The molecule has 2 aromatic carbocycles. The summed E-state index contributed by atoms with van der Waals surface area (Å²) in [5.74, 6) is 2.40. The molecule has 0 heterocycles. The van der Waals surface area contributed by atoms with E-state index in [4.69, 9.17) is 4.74 Å². The molecular formula is C19H25FIN3OS. The molecular weight excluding hydrogens is 464 g/mol. The Hall–Kier alpha value is -1.48. The molecule has 4 nitrogen and oxygen atoms in total. The van der Waals surface area contributed by atoms with Gasteiger partial charge in [0.15, 0.2) is 5.96 Å². The molecule has 0 unspecified atom stereocenters. The van der Waals surface area contributed by atoms with Gasteiger partial charge in [0.25, 0.3) is 0 Å². The normalized spacial score (nSPS) is 10.8. The summed E-state index contributed by atoms with van der Waals surface area (Å²) in [6, 6.07) is 14.5. The van der Waals surface area contributed by atoms with Crippen molar-refractivity contribution >= 4 is 41.7 Å². The van der Waals surface area contributed by atoms with E-state index in [0.717, 1.165) is 40.9 Å². The number of guanidine groups is 1. The lowest BCUT2D eigenvalue weighted by Gasteiger charge is -2.12. The van der Waals surface area contributed by atoms with Crippen LogP contribution in [0, 0.1) is 5.82 Å². The number of nitrogens with one attached hydrogen (secondary N) is 2. The van der Waals surface area contributed by atoms with Crippen molar-refractivity contribution in [1.29, 1.82) is 0 Å². The smallest absolute Gasteiger partial charge is 0.191 e. The van der Waals surface area contributed by atoms with Gasteiger partial charge in [-0.1, -0.05) is 12.1 Å². The van der Waals surface area contributed by atoms with Gasteiger partial charge in [-0.25, -0.2) is 4.39 Å². The molecule has 2 aromatic rings. The second kappa shape index (κ2) is 12.8. The second-order valence-electron chi connectivity index (χ2n) is 5.36. The Balaban J connectivity index is 0.00000338. The minimum Gasteiger partial charge on any atom is -0.497 e. The molecule has 0 aliphatic carbocycles. The second-order valence-corrected chi connectivity index (χ2v) is 6.52. The summed E-state index contributed by atoms with van der Waals surface area (Å²) < 4.78 is 18.0. The molecule has 0 saturated carbocycles. The van der Waals surface area contributed by atoms with Crippen molar-refractivity contribution in [2.75, 3.05) is 26.5 Å². The van der Waals surface area contributed by atoms with Gasteiger partial charge in [0.1, 0.15) is 11.6 Å². The standard InChI is InChI=1S/C19H24FN3OS.HI/c1-21-19(23-14-15-4-8-17(24-2)9-5-15)22-12-3-13-25-18-10-6-16(20)7-11-18;/h4-11H,3,12-14H2,1-2H3,(H2,21,22,23);1H. The molecule has 0 bridgehead atoms. The molecule has 0 atom stereocenters. The van der Waals surface area contributed by atoms with Gasteiger partial charge in [0, 0.05) is 25.0 Å². The van der Waals surface area contributed by atoms with Crippen LogP contribution in [-0.4, -0.2) is 32.4 Å². The van der Waals surface area contributed by atoms with E-state index in [1.54, 1.807) is 25.9 Å². The van der Waals surface area contributed by atoms with Crippen LogP contribution >= 0.6 is 35.7 Å². The Morgan fingerprint density at radius 2 is 1.77 bits per heavy atom. The largest absolute Gasteiger partial charge is 0.497 e. The fourth-order valence-corrected chi connectivity index (χ4v) is 3.00. The summed E-state index contributed by atoms with van der Waals surface area (Å²) in [6.07, 6.45) is 0.991. The van der Waals surface area contributed by atoms with Crippen molar-refractivity contribution in [3.05, 3.63) is 59.9 Å². The predicted octanol–water partition coefficient (Wildman–Crippen LogP) is 4.30. The van der Waals surface area contributed by atoms with E-state index >= 15 is 0 Å². The van der Waals surface area contributed by atoms with Gasteiger partial charge >= 0.3 is 0 Å². The zero-order valence-electron chi connectivity index (χ0n) is 15.0. The predicted molar refractivity (Wildman–Crippen MR) is 118 cm³/mol. The number of rotatable bonds is 8.